The van der Waals surface area contributed by atoms with Gasteiger partial charge in [-0.15, -0.1) is 0 Å². The second kappa shape index (κ2) is 9.34. The van der Waals surface area contributed by atoms with Gasteiger partial charge in [-0.1, -0.05) is 36.2 Å². The number of nitrogens with zero attached hydrogens (tertiary/aromatic N) is 2. The number of alkyl halides is 3. The zero-order valence-corrected chi connectivity index (χ0v) is 21.1. The summed E-state index contributed by atoms with van der Waals surface area (Å²) in [7, 11) is 0. The quantitative estimate of drug-likeness (QED) is 0.321. The Kier molecular flexibility index (Phi) is 6.49. The van der Waals surface area contributed by atoms with Crippen LogP contribution in [-0.2, 0) is 11.3 Å². The number of carbonyl (C=O) groups excluding carboxylic acids is 1. The number of rotatable bonds is 6. The van der Waals surface area contributed by atoms with Crippen LogP contribution >= 0.6 is 23.2 Å². The van der Waals surface area contributed by atoms with E-state index in [1.807, 2.05) is 12.1 Å². The maximum atomic E-state index is 13.2. The Balaban J connectivity index is 1.30. The Morgan fingerprint density at radius 2 is 1.89 bits per heavy atom. The van der Waals surface area contributed by atoms with Crippen LogP contribution in [0.2, 0.25) is 10.0 Å². The minimum atomic E-state index is -4.54. The first kappa shape index (κ1) is 25.0. The topological polar surface area (TPSA) is 73.1 Å². The van der Waals surface area contributed by atoms with Crippen LogP contribution in [-0.4, -0.2) is 35.1 Å². The number of aromatic amines is 1. The van der Waals surface area contributed by atoms with Crippen LogP contribution in [0.5, 0.6) is 0 Å². The highest BCUT2D eigenvalue weighted by atomic mass is 35.5. The van der Waals surface area contributed by atoms with Crippen LogP contribution in [0.15, 0.2) is 30.3 Å². The molecule has 1 aromatic heterocycles. The van der Waals surface area contributed by atoms with Crippen molar-refractivity contribution >= 4 is 57.5 Å². The van der Waals surface area contributed by atoms with Crippen LogP contribution in [0.3, 0.4) is 0 Å². The van der Waals surface area contributed by atoms with Crippen molar-refractivity contribution in [1.29, 1.82) is 0 Å². The molecule has 192 valence electrons. The average Bonchev–Trinajstić information content (AvgIpc) is 3.56. The van der Waals surface area contributed by atoms with E-state index in [0.717, 1.165) is 42.7 Å². The van der Waals surface area contributed by atoms with Crippen LogP contribution in [0.1, 0.15) is 38.2 Å². The highest BCUT2D eigenvalue weighted by Crippen LogP contribution is 2.57. The molecule has 0 atom stereocenters. The third-order valence-corrected chi connectivity index (χ3v) is 7.77. The zero-order chi connectivity index (χ0) is 25.7. The zero-order valence-electron chi connectivity index (χ0n) is 19.6. The van der Waals surface area contributed by atoms with Gasteiger partial charge in [-0.3, -0.25) is 4.79 Å². The van der Waals surface area contributed by atoms with Gasteiger partial charge in [0.1, 0.15) is 5.41 Å². The summed E-state index contributed by atoms with van der Waals surface area (Å²) >= 11 is 12.9. The number of piperidine rings is 1. The molecule has 1 amide bonds. The molecule has 6 nitrogen and oxygen atoms in total. The van der Waals surface area contributed by atoms with Gasteiger partial charge in [0.05, 0.1) is 32.5 Å². The first-order chi connectivity index (χ1) is 17.1. The maximum absolute atomic E-state index is 13.2. The Morgan fingerprint density at radius 1 is 1.17 bits per heavy atom. The third kappa shape index (κ3) is 4.83. The molecular weight excluding hydrogens is 514 g/mol. The molecule has 0 radical (unpaired) electrons. The monoisotopic (exact) mass is 539 g/mol. The Bertz CT molecular complexity index is 1300. The maximum Gasteiger partial charge on any atom is 0.403 e. The molecule has 0 bridgehead atoms. The molecule has 2 aromatic carbocycles. The van der Waals surface area contributed by atoms with E-state index in [9.17, 15) is 18.0 Å². The van der Waals surface area contributed by atoms with E-state index in [1.165, 1.54) is 0 Å². The first-order valence-corrected chi connectivity index (χ1v) is 12.7. The van der Waals surface area contributed by atoms with Crippen LogP contribution < -0.4 is 15.5 Å². The molecule has 3 aromatic rings. The van der Waals surface area contributed by atoms with E-state index < -0.39 is 17.5 Å². The van der Waals surface area contributed by atoms with Crippen molar-refractivity contribution in [2.75, 3.05) is 23.3 Å². The number of imidazole rings is 1. The standard InChI is InChI=1S/C25H26Cl2F3N5O/c1-14-4-8-35(9-5-14)21-12-20-19(11-17(21)27)33-23(34-20)32-18-10-15(2-3-16(18)26)13-31-22(36)24(6-7-24)25(28,29)30/h2-3,10-12,14H,4-9,13H2,1H3,(H,31,36)(H2,32,33,34). The van der Waals surface area contributed by atoms with Crippen molar-refractivity contribution in [3.05, 3.63) is 45.9 Å². The predicted molar refractivity (Wildman–Crippen MR) is 136 cm³/mol. The summed E-state index contributed by atoms with van der Waals surface area (Å²) in [4.78, 5) is 22.3. The lowest BCUT2D eigenvalue weighted by Crippen LogP contribution is -2.40. The number of halogens is 5. The molecule has 36 heavy (non-hydrogen) atoms. The average molecular weight is 540 g/mol. The van der Waals surface area contributed by atoms with E-state index in [-0.39, 0.29) is 19.4 Å². The lowest BCUT2D eigenvalue weighted by atomic mass is 9.99. The minimum Gasteiger partial charge on any atom is -0.370 e. The lowest BCUT2D eigenvalue weighted by Gasteiger charge is -2.32. The Hall–Kier alpha value is -2.65. The molecular formula is C25H26Cl2F3N5O. The number of amides is 1. The molecule has 3 N–H and O–H groups in total. The molecule has 0 unspecified atom stereocenters. The summed E-state index contributed by atoms with van der Waals surface area (Å²) in [5.41, 5.74) is 1.33. The van der Waals surface area contributed by atoms with Gasteiger partial charge in [-0.2, -0.15) is 13.2 Å². The molecule has 1 saturated carbocycles. The van der Waals surface area contributed by atoms with Crippen LogP contribution in [0, 0.1) is 11.3 Å². The Morgan fingerprint density at radius 3 is 2.56 bits per heavy atom. The number of fused-ring (bicyclic) bond motifs is 1. The van der Waals surface area contributed by atoms with Crippen molar-refractivity contribution in [2.45, 2.75) is 45.3 Å². The summed E-state index contributed by atoms with van der Waals surface area (Å²) in [6, 6.07) is 8.78. The van der Waals surface area contributed by atoms with Crippen LogP contribution in [0.25, 0.3) is 11.0 Å². The second-order valence-corrected chi connectivity index (χ2v) is 10.6. The number of carbonyl (C=O) groups is 1. The summed E-state index contributed by atoms with van der Waals surface area (Å²) in [5.74, 6) is 0.161. The van der Waals surface area contributed by atoms with E-state index >= 15 is 0 Å². The Labute approximate surface area is 216 Å². The minimum absolute atomic E-state index is 0.0456. The summed E-state index contributed by atoms with van der Waals surface area (Å²) in [5, 5.41) is 6.60. The van der Waals surface area contributed by atoms with Gasteiger partial charge in [0.25, 0.3) is 0 Å². The highest BCUT2D eigenvalue weighted by Gasteiger charge is 2.68. The van der Waals surface area contributed by atoms with E-state index in [2.05, 4.69) is 32.4 Å². The molecule has 2 aliphatic rings. The summed E-state index contributed by atoms with van der Waals surface area (Å²) in [6.45, 7) is 4.11. The predicted octanol–water partition coefficient (Wildman–Crippen LogP) is 6.81. The second-order valence-electron chi connectivity index (χ2n) is 9.78. The fourth-order valence-electron chi connectivity index (χ4n) is 4.59. The van der Waals surface area contributed by atoms with Gasteiger partial charge < -0.3 is 20.5 Å². The van der Waals surface area contributed by atoms with Gasteiger partial charge in [0.2, 0.25) is 11.9 Å². The first-order valence-electron chi connectivity index (χ1n) is 11.9. The smallest absolute Gasteiger partial charge is 0.370 e. The number of aromatic nitrogens is 2. The highest BCUT2D eigenvalue weighted by molar-refractivity contribution is 6.34. The number of benzene rings is 2. The molecule has 1 saturated heterocycles. The van der Waals surface area contributed by atoms with Gasteiger partial charge in [0, 0.05) is 19.6 Å². The third-order valence-electron chi connectivity index (χ3n) is 7.14. The molecule has 1 aliphatic carbocycles. The molecule has 11 heteroatoms. The van der Waals surface area contributed by atoms with Crippen molar-refractivity contribution in [2.24, 2.45) is 11.3 Å². The number of nitrogens with one attached hydrogen (secondary N) is 3. The van der Waals surface area contributed by atoms with Gasteiger partial charge in [0.15, 0.2) is 0 Å². The van der Waals surface area contributed by atoms with E-state index in [1.54, 1.807) is 18.2 Å². The summed E-state index contributed by atoms with van der Waals surface area (Å²) < 4.78 is 39.5. The summed E-state index contributed by atoms with van der Waals surface area (Å²) in [6.07, 6.45) is -2.66. The van der Waals surface area contributed by atoms with Crippen molar-refractivity contribution in [1.82, 2.24) is 15.3 Å². The van der Waals surface area contributed by atoms with Crippen molar-refractivity contribution in [3.63, 3.8) is 0 Å². The molecule has 2 heterocycles. The largest absolute Gasteiger partial charge is 0.403 e. The molecule has 0 spiro atoms. The molecule has 2 fully saturated rings. The van der Waals surface area contributed by atoms with E-state index in [4.69, 9.17) is 23.2 Å². The number of hydrogen-bond acceptors (Lipinski definition) is 4. The number of hydrogen-bond donors (Lipinski definition) is 3. The SMILES string of the molecule is CC1CCN(c2cc3nc(Nc4cc(CNC(=O)C5(C(F)(F)F)CC5)ccc4Cl)[nH]c3cc2Cl)CC1. The van der Waals surface area contributed by atoms with Gasteiger partial charge in [-0.25, -0.2) is 4.98 Å². The normalized spacial score (nSPS) is 17.9. The van der Waals surface area contributed by atoms with Gasteiger partial charge in [-0.05, 0) is 61.4 Å². The van der Waals surface area contributed by atoms with Crippen molar-refractivity contribution < 1.29 is 18.0 Å². The lowest BCUT2D eigenvalue weighted by molar-refractivity contribution is -0.192. The van der Waals surface area contributed by atoms with Crippen molar-refractivity contribution in [3.8, 4) is 0 Å². The fourth-order valence-corrected chi connectivity index (χ4v) is 5.04. The van der Waals surface area contributed by atoms with E-state index in [0.29, 0.717) is 33.2 Å². The van der Waals surface area contributed by atoms with Gasteiger partial charge >= 0.3 is 6.18 Å². The number of anilines is 3. The van der Waals surface area contributed by atoms with Crippen LogP contribution in [0.4, 0.5) is 30.5 Å². The fraction of sp³-hybridized carbons (Fsp3) is 0.440. The molecule has 1 aliphatic heterocycles. The number of H-pyrrole nitrogens is 1. The molecule has 5 rings (SSSR count).